The SMILES string of the molecule is C=CC(=O)OC(C)CS(=O)(=O)OCCC.[NaH]. The maximum absolute atomic E-state index is 11.2. The van der Waals surface area contributed by atoms with Crippen LogP contribution in [-0.4, -0.2) is 62.4 Å². The standard InChI is InChI=1S/C9H16O5S.Na.H/c1-4-6-13-15(11,12)7-8(3)14-9(10)5-2;;/h5,8H,2,4,6-7H2,1,3H3;;. The van der Waals surface area contributed by atoms with Crippen molar-refractivity contribution in [3.8, 4) is 0 Å². The summed E-state index contributed by atoms with van der Waals surface area (Å²) >= 11 is 0. The van der Waals surface area contributed by atoms with Crippen LogP contribution in [0.15, 0.2) is 12.7 Å². The monoisotopic (exact) mass is 260 g/mol. The Morgan fingerprint density at radius 3 is 2.50 bits per heavy atom. The van der Waals surface area contributed by atoms with Gasteiger partial charge in [-0.05, 0) is 13.3 Å². The number of ether oxygens (including phenoxy) is 1. The van der Waals surface area contributed by atoms with Crippen molar-refractivity contribution in [1.29, 1.82) is 0 Å². The molecule has 0 radical (unpaired) electrons. The van der Waals surface area contributed by atoms with E-state index in [-0.39, 0.29) is 41.9 Å². The summed E-state index contributed by atoms with van der Waals surface area (Å²) in [5, 5.41) is 0. The molecule has 16 heavy (non-hydrogen) atoms. The van der Waals surface area contributed by atoms with E-state index < -0.39 is 22.2 Å². The van der Waals surface area contributed by atoms with Crippen LogP contribution in [0.25, 0.3) is 0 Å². The fourth-order valence-corrected chi connectivity index (χ4v) is 1.99. The summed E-state index contributed by atoms with van der Waals surface area (Å²) in [7, 11) is -3.61. The van der Waals surface area contributed by atoms with Gasteiger partial charge in [0, 0.05) is 6.08 Å². The van der Waals surface area contributed by atoms with Crippen molar-refractivity contribution in [3.05, 3.63) is 12.7 Å². The maximum atomic E-state index is 11.2. The van der Waals surface area contributed by atoms with Gasteiger partial charge < -0.3 is 4.74 Å². The summed E-state index contributed by atoms with van der Waals surface area (Å²) in [6.07, 6.45) is 0.855. The first-order valence-electron chi connectivity index (χ1n) is 4.61. The first-order chi connectivity index (χ1) is 6.91. The van der Waals surface area contributed by atoms with Crippen molar-refractivity contribution in [3.63, 3.8) is 0 Å². The third-order valence-electron chi connectivity index (χ3n) is 1.39. The average Bonchev–Trinajstić information content (AvgIpc) is 2.13. The van der Waals surface area contributed by atoms with Crippen molar-refractivity contribution < 1.29 is 22.1 Å². The van der Waals surface area contributed by atoms with Crippen LogP contribution < -0.4 is 0 Å². The van der Waals surface area contributed by atoms with Crippen molar-refractivity contribution in [2.75, 3.05) is 12.4 Å². The zero-order chi connectivity index (χ0) is 11.9. The fourth-order valence-electron chi connectivity index (χ4n) is 0.826. The van der Waals surface area contributed by atoms with Gasteiger partial charge in [-0.25, -0.2) is 4.79 Å². The molecule has 0 fully saturated rings. The van der Waals surface area contributed by atoms with Crippen LogP contribution >= 0.6 is 0 Å². The molecule has 0 aromatic carbocycles. The summed E-state index contributed by atoms with van der Waals surface area (Å²) in [6, 6.07) is 0. The average molecular weight is 260 g/mol. The summed E-state index contributed by atoms with van der Waals surface area (Å²) in [5.41, 5.74) is 0. The molecular weight excluding hydrogens is 243 g/mol. The molecular formula is C9H17NaO5S. The van der Waals surface area contributed by atoms with E-state index in [1.54, 1.807) is 6.92 Å². The Balaban J connectivity index is 0. The summed E-state index contributed by atoms with van der Waals surface area (Å²) in [5.74, 6) is -0.986. The number of esters is 1. The molecule has 7 heteroatoms. The Kier molecular flexibility index (Phi) is 10.6. The Hall–Kier alpha value is 0.120. The van der Waals surface area contributed by atoms with Gasteiger partial charge in [0.25, 0.3) is 10.1 Å². The second-order valence-corrected chi connectivity index (χ2v) is 4.68. The van der Waals surface area contributed by atoms with Crippen LogP contribution in [-0.2, 0) is 23.8 Å². The molecule has 90 valence electrons. The molecule has 0 rings (SSSR count). The molecule has 1 atom stereocenters. The van der Waals surface area contributed by atoms with E-state index in [2.05, 4.69) is 10.8 Å². The molecule has 0 saturated heterocycles. The number of carbonyl (C=O) groups is 1. The molecule has 0 aliphatic carbocycles. The topological polar surface area (TPSA) is 69.7 Å². The molecule has 0 aliphatic rings. The van der Waals surface area contributed by atoms with Gasteiger partial charge in [-0.1, -0.05) is 13.5 Å². The van der Waals surface area contributed by atoms with Gasteiger partial charge in [-0.2, -0.15) is 8.42 Å². The molecule has 0 bridgehead atoms. The Morgan fingerprint density at radius 1 is 1.50 bits per heavy atom. The number of rotatable bonds is 7. The predicted octanol–water partition coefficient (Wildman–Crippen LogP) is 0.212. The van der Waals surface area contributed by atoms with Gasteiger partial charge in [-0.3, -0.25) is 4.18 Å². The minimum absolute atomic E-state index is 0. The van der Waals surface area contributed by atoms with E-state index in [9.17, 15) is 13.2 Å². The van der Waals surface area contributed by atoms with E-state index in [4.69, 9.17) is 4.74 Å². The second-order valence-electron chi connectivity index (χ2n) is 3.00. The van der Waals surface area contributed by atoms with Crippen LogP contribution in [0.4, 0.5) is 0 Å². The van der Waals surface area contributed by atoms with Gasteiger partial charge in [0.15, 0.2) is 0 Å². The molecule has 0 N–H and O–H groups in total. The van der Waals surface area contributed by atoms with Crippen LogP contribution in [0.3, 0.4) is 0 Å². The molecule has 0 heterocycles. The summed E-state index contributed by atoms with van der Waals surface area (Å²) < 4.78 is 31.8. The Morgan fingerprint density at radius 2 is 2.06 bits per heavy atom. The van der Waals surface area contributed by atoms with Crippen molar-refractivity contribution in [1.82, 2.24) is 0 Å². The third kappa shape index (κ3) is 9.35. The molecule has 0 aromatic rings. The van der Waals surface area contributed by atoms with Crippen LogP contribution in [0.2, 0.25) is 0 Å². The van der Waals surface area contributed by atoms with Crippen LogP contribution in [0, 0.1) is 0 Å². The van der Waals surface area contributed by atoms with Gasteiger partial charge in [0.05, 0.1) is 6.61 Å². The quantitative estimate of drug-likeness (QED) is 0.283. The molecule has 0 aliphatic heterocycles. The normalized spacial score (nSPS) is 12.4. The van der Waals surface area contributed by atoms with Crippen LogP contribution in [0.1, 0.15) is 20.3 Å². The van der Waals surface area contributed by atoms with E-state index in [0.29, 0.717) is 6.42 Å². The van der Waals surface area contributed by atoms with E-state index in [1.165, 1.54) is 6.92 Å². The fraction of sp³-hybridized carbons (Fsp3) is 0.667. The Bertz CT molecular complexity index is 312. The van der Waals surface area contributed by atoms with Gasteiger partial charge >= 0.3 is 35.5 Å². The molecule has 0 saturated carbocycles. The zero-order valence-electron chi connectivity index (χ0n) is 8.93. The van der Waals surface area contributed by atoms with Gasteiger partial charge in [0.2, 0.25) is 0 Å². The first-order valence-corrected chi connectivity index (χ1v) is 6.19. The van der Waals surface area contributed by atoms with Crippen molar-refractivity contribution in [2.45, 2.75) is 26.4 Å². The third-order valence-corrected chi connectivity index (χ3v) is 2.79. The van der Waals surface area contributed by atoms with Gasteiger partial charge in [-0.15, -0.1) is 0 Å². The molecule has 0 spiro atoms. The summed E-state index contributed by atoms with van der Waals surface area (Å²) in [6.45, 7) is 6.63. The second kappa shape index (κ2) is 9.18. The minimum atomic E-state index is -3.61. The zero-order valence-corrected chi connectivity index (χ0v) is 9.75. The number of carbonyl (C=O) groups excluding carboxylic acids is 1. The Labute approximate surface area is 119 Å². The first kappa shape index (κ1) is 18.5. The van der Waals surface area contributed by atoms with Gasteiger partial charge in [0.1, 0.15) is 11.9 Å². The van der Waals surface area contributed by atoms with E-state index in [1.807, 2.05) is 0 Å². The van der Waals surface area contributed by atoms with Crippen molar-refractivity contribution >= 4 is 45.6 Å². The van der Waals surface area contributed by atoms with Crippen molar-refractivity contribution in [2.24, 2.45) is 0 Å². The molecule has 0 aromatic heterocycles. The molecule has 1 unspecified atom stereocenters. The predicted molar refractivity (Wildman–Crippen MR) is 62.9 cm³/mol. The van der Waals surface area contributed by atoms with E-state index >= 15 is 0 Å². The number of hydrogen-bond donors (Lipinski definition) is 0. The molecule has 0 amide bonds. The molecule has 5 nitrogen and oxygen atoms in total. The van der Waals surface area contributed by atoms with E-state index in [0.717, 1.165) is 6.08 Å². The summed E-state index contributed by atoms with van der Waals surface area (Å²) in [4.78, 5) is 10.7. The van der Waals surface area contributed by atoms with Crippen LogP contribution in [0.5, 0.6) is 0 Å². The number of hydrogen-bond acceptors (Lipinski definition) is 5.